The molecule has 0 saturated carbocycles. The van der Waals surface area contributed by atoms with Gasteiger partial charge in [-0.3, -0.25) is 0 Å². The highest BCUT2D eigenvalue weighted by molar-refractivity contribution is 6.14. The molecule has 0 N–H and O–H groups in total. The van der Waals surface area contributed by atoms with Crippen LogP contribution in [0.15, 0.2) is 218 Å². The van der Waals surface area contributed by atoms with E-state index in [9.17, 15) is 10.5 Å². The lowest BCUT2D eigenvalue weighted by Gasteiger charge is -2.23. The molecule has 4 aromatic heterocycles. The second-order valence-corrected chi connectivity index (χ2v) is 17.5. The van der Waals surface area contributed by atoms with Crippen molar-refractivity contribution in [2.24, 2.45) is 0 Å². The van der Waals surface area contributed by atoms with E-state index in [-0.39, 0.29) is 0 Å². The Labute approximate surface area is 389 Å². The number of para-hydroxylation sites is 8. The SMILES string of the molecule is N#Cc1cc(-n2c3ccccc3c3ccccc32)cc(-n2c3ccccc3c3ccccc32)c1-c1c(C#N)cc(-n2c3ccccc3c3ccccc32)cc1-n1c2ccccc2c2ccccc21. The molecule has 14 rings (SSSR count). The molecule has 0 fully saturated rings. The molecule has 0 saturated heterocycles. The van der Waals surface area contributed by atoms with Crippen LogP contribution in [0.1, 0.15) is 11.1 Å². The third-order valence-electron chi connectivity index (χ3n) is 14.0. The number of fused-ring (bicyclic) bond motifs is 12. The van der Waals surface area contributed by atoms with Crippen molar-refractivity contribution in [1.82, 2.24) is 18.3 Å². The van der Waals surface area contributed by atoms with Crippen molar-refractivity contribution < 1.29 is 0 Å². The number of aromatic nitrogens is 4. The number of rotatable bonds is 5. The minimum atomic E-state index is 0.448. The summed E-state index contributed by atoms with van der Waals surface area (Å²) in [5, 5.41) is 32.5. The Morgan fingerprint density at radius 1 is 0.250 bits per heavy atom. The van der Waals surface area contributed by atoms with Crippen LogP contribution in [0.3, 0.4) is 0 Å². The van der Waals surface area contributed by atoms with Gasteiger partial charge in [0.05, 0.1) is 78.8 Å². The summed E-state index contributed by atoms with van der Waals surface area (Å²) in [6.07, 6.45) is 0. The zero-order valence-corrected chi connectivity index (χ0v) is 36.5. The molecule has 6 nitrogen and oxygen atoms in total. The largest absolute Gasteiger partial charge is 0.309 e. The van der Waals surface area contributed by atoms with Gasteiger partial charge in [-0.1, -0.05) is 146 Å². The molecule has 0 atom stereocenters. The molecular weight excluding hydrogens is 829 g/mol. The summed E-state index contributed by atoms with van der Waals surface area (Å²) in [5.41, 5.74) is 13.7. The summed E-state index contributed by atoms with van der Waals surface area (Å²) in [6, 6.07) is 81.7. The van der Waals surface area contributed by atoms with Crippen LogP contribution in [0.5, 0.6) is 0 Å². The van der Waals surface area contributed by atoms with Crippen molar-refractivity contribution in [3.63, 3.8) is 0 Å². The zero-order chi connectivity index (χ0) is 45.0. The van der Waals surface area contributed by atoms with Crippen molar-refractivity contribution in [2.75, 3.05) is 0 Å². The second kappa shape index (κ2) is 14.4. The lowest BCUT2D eigenvalue weighted by Crippen LogP contribution is -2.08. The first kappa shape index (κ1) is 37.7. The van der Waals surface area contributed by atoms with E-state index in [2.05, 4.69) is 237 Å². The fourth-order valence-corrected chi connectivity index (χ4v) is 11.3. The molecule has 14 aromatic rings. The van der Waals surface area contributed by atoms with E-state index < -0.39 is 0 Å². The molecule has 0 spiro atoms. The van der Waals surface area contributed by atoms with Crippen LogP contribution in [0.4, 0.5) is 0 Å². The Morgan fingerprint density at radius 2 is 0.456 bits per heavy atom. The maximum atomic E-state index is 11.8. The minimum absolute atomic E-state index is 0.448. The second-order valence-electron chi connectivity index (χ2n) is 17.5. The highest BCUT2D eigenvalue weighted by Gasteiger charge is 2.28. The predicted molar refractivity (Wildman–Crippen MR) is 279 cm³/mol. The summed E-state index contributed by atoms with van der Waals surface area (Å²) >= 11 is 0. The topological polar surface area (TPSA) is 67.3 Å². The molecule has 0 aliphatic rings. The lowest BCUT2D eigenvalue weighted by molar-refractivity contribution is 1.11. The van der Waals surface area contributed by atoms with Gasteiger partial charge in [0, 0.05) is 65.6 Å². The quantitative estimate of drug-likeness (QED) is 0.173. The van der Waals surface area contributed by atoms with Crippen LogP contribution in [0.25, 0.3) is 121 Å². The molecule has 10 aromatic carbocycles. The average Bonchev–Trinajstić information content (AvgIpc) is 4.13. The molecule has 314 valence electrons. The van der Waals surface area contributed by atoms with Gasteiger partial charge in [0.2, 0.25) is 0 Å². The van der Waals surface area contributed by atoms with Crippen LogP contribution >= 0.6 is 0 Å². The van der Waals surface area contributed by atoms with Gasteiger partial charge in [-0.05, 0) is 72.8 Å². The van der Waals surface area contributed by atoms with E-state index in [0.717, 1.165) is 110 Å². The average molecular weight is 865 g/mol. The van der Waals surface area contributed by atoms with E-state index in [1.807, 2.05) is 12.1 Å². The Bertz CT molecular complexity index is 4030. The van der Waals surface area contributed by atoms with Gasteiger partial charge in [0.25, 0.3) is 0 Å². The number of benzene rings is 10. The number of hydrogen-bond donors (Lipinski definition) is 0. The monoisotopic (exact) mass is 864 g/mol. The van der Waals surface area contributed by atoms with Gasteiger partial charge in [-0.15, -0.1) is 0 Å². The van der Waals surface area contributed by atoms with Gasteiger partial charge in [-0.25, -0.2) is 0 Å². The molecule has 0 unspecified atom stereocenters. The highest BCUT2D eigenvalue weighted by Crippen LogP contribution is 2.47. The molecule has 0 radical (unpaired) electrons. The van der Waals surface area contributed by atoms with Gasteiger partial charge < -0.3 is 18.3 Å². The first-order valence-corrected chi connectivity index (χ1v) is 22.8. The van der Waals surface area contributed by atoms with E-state index in [0.29, 0.717) is 22.3 Å². The first-order chi connectivity index (χ1) is 33.7. The Morgan fingerprint density at radius 3 is 0.676 bits per heavy atom. The number of nitriles is 2. The van der Waals surface area contributed by atoms with E-state index in [4.69, 9.17) is 0 Å². The molecule has 0 aliphatic carbocycles. The smallest absolute Gasteiger partial charge is 0.0999 e. The minimum Gasteiger partial charge on any atom is -0.309 e. The molecule has 0 bridgehead atoms. The molecule has 0 aliphatic heterocycles. The third-order valence-corrected chi connectivity index (χ3v) is 14.0. The van der Waals surface area contributed by atoms with E-state index in [1.54, 1.807) is 0 Å². The van der Waals surface area contributed by atoms with Gasteiger partial charge in [0.15, 0.2) is 0 Å². The number of hydrogen-bond acceptors (Lipinski definition) is 2. The van der Waals surface area contributed by atoms with Gasteiger partial charge in [-0.2, -0.15) is 10.5 Å². The summed E-state index contributed by atoms with van der Waals surface area (Å²) in [6.45, 7) is 0. The highest BCUT2D eigenvalue weighted by atomic mass is 15.0. The molecule has 68 heavy (non-hydrogen) atoms. The summed E-state index contributed by atoms with van der Waals surface area (Å²) in [4.78, 5) is 0. The zero-order valence-electron chi connectivity index (χ0n) is 36.5. The number of nitrogens with zero attached hydrogens (tertiary/aromatic N) is 6. The van der Waals surface area contributed by atoms with Crippen molar-refractivity contribution in [2.45, 2.75) is 0 Å². The molecule has 6 heteroatoms. The standard InChI is InChI=1S/C62H36N6/c63-37-39-33-41(65-51-25-9-1-17-43(51)44-18-2-10-26-52(44)65)35-59(67-55-29-13-5-21-47(55)48-22-6-14-30-56(48)67)61(39)62-40(38-64)34-42(66-53-27-11-3-19-45(53)46-20-4-12-28-54(46)66)36-60(62)68-57-31-15-7-23-49(57)50-24-8-16-32-58(50)68/h1-36H. The Kier molecular flexibility index (Phi) is 8.01. The van der Waals surface area contributed by atoms with Crippen molar-refractivity contribution >= 4 is 87.2 Å². The Balaban J connectivity index is 1.19. The molecule has 0 amide bonds. The predicted octanol–water partition coefficient (Wildman–Crippen LogP) is 15.5. The van der Waals surface area contributed by atoms with Gasteiger partial charge >= 0.3 is 0 Å². The third kappa shape index (κ3) is 5.20. The van der Waals surface area contributed by atoms with Crippen molar-refractivity contribution in [1.29, 1.82) is 10.5 Å². The van der Waals surface area contributed by atoms with Crippen molar-refractivity contribution in [3.05, 3.63) is 230 Å². The summed E-state index contributed by atoms with van der Waals surface area (Å²) < 4.78 is 9.15. The van der Waals surface area contributed by atoms with E-state index >= 15 is 0 Å². The fraction of sp³-hybridized carbons (Fsp3) is 0. The van der Waals surface area contributed by atoms with Gasteiger partial charge in [0.1, 0.15) is 0 Å². The van der Waals surface area contributed by atoms with Crippen molar-refractivity contribution in [3.8, 4) is 46.0 Å². The summed E-state index contributed by atoms with van der Waals surface area (Å²) in [5.74, 6) is 0. The normalized spacial score (nSPS) is 11.8. The van der Waals surface area contributed by atoms with Crippen LogP contribution in [0, 0.1) is 22.7 Å². The summed E-state index contributed by atoms with van der Waals surface area (Å²) in [7, 11) is 0. The van der Waals surface area contributed by atoms with Crippen LogP contribution < -0.4 is 0 Å². The molecule has 4 heterocycles. The fourth-order valence-electron chi connectivity index (χ4n) is 11.3. The maximum absolute atomic E-state index is 11.8. The van der Waals surface area contributed by atoms with Crippen LogP contribution in [0.2, 0.25) is 0 Å². The van der Waals surface area contributed by atoms with Crippen LogP contribution in [-0.2, 0) is 0 Å². The van der Waals surface area contributed by atoms with Crippen LogP contribution in [-0.4, -0.2) is 18.3 Å². The van der Waals surface area contributed by atoms with E-state index in [1.165, 1.54) is 0 Å². The molecular formula is C62H36N6. The Hall–Kier alpha value is -9.62. The maximum Gasteiger partial charge on any atom is 0.0999 e. The lowest BCUT2D eigenvalue weighted by atomic mass is 9.91. The first-order valence-electron chi connectivity index (χ1n) is 22.8.